The third-order valence-electron chi connectivity index (χ3n) is 2.37. The van der Waals surface area contributed by atoms with Gasteiger partial charge in [0.2, 0.25) is 0 Å². The summed E-state index contributed by atoms with van der Waals surface area (Å²) in [6, 6.07) is 0. The van der Waals surface area contributed by atoms with Crippen molar-refractivity contribution in [3.63, 3.8) is 0 Å². The lowest BCUT2D eigenvalue weighted by molar-refractivity contribution is -0.127. The van der Waals surface area contributed by atoms with Gasteiger partial charge in [0.15, 0.2) is 11.9 Å². The minimum atomic E-state index is -1.26. The van der Waals surface area contributed by atoms with E-state index in [1.54, 1.807) is 14.0 Å². The number of hydrogen-bond donors (Lipinski definition) is 2. The normalized spacial score (nSPS) is 13.9. The third-order valence-corrected chi connectivity index (χ3v) is 2.37. The molecule has 7 nitrogen and oxygen atoms in total. The molecule has 2 atom stereocenters. The summed E-state index contributed by atoms with van der Waals surface area (Å²) in [7, 11) is 1.56. The maximum Gasteiger partial charge on any atom is 0.256 e. The van der Waals surface area contributed by atoms with Crippen molar-refractivity contribution in [3.05, 3.63) is 18.1 Å². The van der Waals surface area contributed by atoms with Crippen molar-refractivity contribution in [2.75, 3.05) is 25.6 Å². The van der Waals surface area contributed by atoms with Crippen LogP contribution in [0.4, 0.5) is 5.82 Å². The fourth-order valence-corrected chi connectivity index (χ4v) is 1.16. The highest BCUT2D eigenvalue weighted by Gasteiger charge is 2.16. The van der Waals surface area contributed by atoms with Gasteiger partial charge in [-0.2, -0.15) is 0 Å². The van der Waals surface area contributed by atoms with Crippen LogP contribution in [0.3, 0.4) is 0 Å². The Morgan fingerprint density at radius 1 is 1.42 bits per heavy atom. The topological polar surface area (TPSA) is 93.6 Å². The molecule has 0 radical (unpaired) electrons. The van der Waals surface area contributed by atoms with Crippen LogP contribution in [0.1, 0.15) is 12.6 Å². The highest BCUT2D eigenvalue weighted by Crippen LogP contribution is 2.01. The van der Waals surface area contributed by atoms with Crippen LogP contribution in [0, 0.1) is 6.92 Å². The highest BCUT2D eigenvalue weighted by molar-refractivity contribution is 5.93. The minimum absolute atomic E-state index is 0.0850. The number of anilines is 1. The zero-order valence-corrected chi connectivity index (χ0v) is 11.3. The van der Waals surface area contributed by atoms with Gasteiger partial charge >= 0.3 is 0 Å². The van der Waals surface area contributed by atoms with Crippen molar-refractivity contribution in [3.8, 4) is 0 Å². The number of nitrogens with one attached hydrogen (secondary N) is 1. The minimum Gasteiger partial charge on any atom is -0.381 e. The summed E-state index contributed by atoms with van der Waals surface area (Å²) in [6.07, 6.45) is 1.61. The number of hydrogen-bond acceptors (Lipinski definition) is 6. The van der Waals surface area contributed by atoms with Crippen molar-refractivity contribution in [2.24, 2.45) is 0 Å². The number of aromatic nitrogens is 2. The Labute approximate surface area is 112 Å². The summed E-state index contributed by atoms with van der Waals surface area (Å²) < 4.78 is 10.1. The van der Waals surface area contributed by atoms with Crippen LogP contribution in [0.5, 0.6) is 0 Å². The predicted octanol–water partition coefficient (Wildman–Crippen LogP) is 0.136. The van der Waals surface area contributed by atoms with Crippen molar-refractivity contribution < 1.29 is 19.4 Å². The van der Waals surface area contributed by atoms with E-state index >= 15 is 0 Å². The quantitative estimate of drug-likeness (QED) is 0.731. The van der Waals surface area contributed by atoms with Crippen LogP contribution < -0.4 is 5.32 Å². The first-order valence-electron chi connectivity index (χ1n) is 5.91. The molecule has 106 valence electrons. The largest absolute Gasteiger partial charge is 0.381 e. The number of aliphatic hydroxyl groups excluding tert-OH is 1. The Morgan fingerprint density at radius 2 is 2.16 bits per heavy atom. The summed E-state index contributed by atoms with van der Waals surface area (Å²) in [5.41, 5.74) is 0.746. The molecule has 0 aromatic carbocycles. The van der Waals surface area contributed by atoms with E-state index in [9.17, 15) is 9.90 Å². The smallest absolute Gasteiger partial charge is 0.256 e. The van der Waals surface area contributed by atoms with Crippen molar-refractivity contribution in [1.82, 2.24) is 9.97 Å². The highest BCUT2D eigenvalue weighted by atomic mass is 16.5. The van der Waals surface area contributed by atoms with Gasteiger partial charge in [-0.05, 0) is 13.8 Å². The van der Waals surface area contributed by atoms with E-state index in [2.05, 4.69) is 15.3 Å². The predicted molar refractivity (Wildman–Crippen MR) is 68.7 cm³/mol. The van der Waals surface area contributed by atoms with E-state index < -0.39 is 12.0 Å². The molecule has 0 spiro atoms. The molecular formula is C12H19N3O4. The van der Waals surface area contributed by atoms with Crippen molar-refractivity contribution in [1.29, 1.82) is 0 Å². The van der Waals surface area contributed by atoms with E-state index in [4.69, 9.17) is 9.47 Å². The van der Waals surface area contributed by atoms with Crippen LogP contribution in [-0.2, 0) is 14.3 Å². The lowest BCUT2D eigenvalue weighted by atomic mass is 10.3. The van der Waals surface area contributed by atoms with Gasteiger partial charge in [-0.15, -0.1) is 0 Å². The van der Waals surface area contributed by atoms with Gasteiger partial charge in [0, 0.05) is 7.11 Å². The summed E-state index contributed by atoms with van der Waals surface area (Å²) in [5.74, 6) is -0.289. The van der Waals surface area contributed by atoms with Crippen LogP contribution in [0.2, 0.25) is 0 Å². The van der Waals surface area contributed by atoms with Gasteiger partial charge in [0.05, 0.1) is 37.4 Å². The van der Waals surface area contributed by atoms with Crippen molar-refractivity contribution >= 4 is 11.7 Å². The number of carbonyl (C=O) groups is 1. The molecule has 0 aliphatic carbocycles. The Balaban J connectivity index is 2.34. The second-order valence-corrected chi connectivity index (χ2v) is 4.13. The molecule has 1 rings (SSSR count). The molecule has 1 heterocycles. The number of rotatable bonds is 7. The van der Waals surface area contributed by atoms with E-state index in [-0.39, 0.29) is 12.7 Å². The van der Waals surface area contributed by atoms with E-state index in [1.807, 2.05) is 6.92 Å². The summed E-state index contributed by atoms with van der Waals surface area (Å²) in [4.78, 5) is 19.5. The Bertz CT molecular complexity index is 396. The van der Waals surface area contributed by atoms with E-state index in [0.717, 1.165) is 5.69 Å². The van der Waals surface area contributed by atoms with Gasteiger partial charge < -0.3 is 19.9 Å². The summed E-state index contributed by atoms with van der Waals surface area (Å²) in [6.45, 7) is 3.83. The first-order valence-corrected chi connectivity index (χ1v) is 5.91. The van der Waals surface area contributed by atoms with E-state index in [1.165, 1.54) is 12.4 Å². The molecular weight excluding hydrogens is 250 g/mol. The molecule has 2 unspecified atom stereocenters. The maximum absolute atomic E-state index is 11.6. The second-order valence-electron chi connectivity index (χ2n) is 4.13. The number of aliphatic hydroxyl groups is 1. The number of ether oxygens (including phenoxy) is 2. The monoisotopic (exact) mass is 269 g/mol. The number of amides is 1. The molecule has 0 saturated carbocycles. The lowest BCUT2D eigenvalue weighted by Gasteiger charge is -2.13. The van der Waals surface area contributed by atoms with Crippen molar-refractivity contribution in [2.45, 2.75) is 26.1 Å². The zero-order valence-electron chi connectivity index (χ0n) is 11.3. The molecule has 7 heteroatoms. The molecule has 0 saturated heterocycles. The maximum atomic E-state index is 11.6. The van der Waals surface area contributed by atoms with E-state index in [0.29, 0.717) is 12.4 Å². The second kappa shape index (κ2) is 7.78. The lowest BCUT2D eigenvalue weighted by Crippen LogP contribution is -2.33. The first-order chi connectivity index (χ1) is 9.02. The molecule has 19 heavy (non-hydrogen) atoms. The Morgan fingerprint density at radius 3 is 2.74 bits per heavy atom. The van der Waals surface area contributed by atoms with Crippen LogP contribution in [0.25, 0.3) is 0 Å². The Kier molecular flexibility index (Phi) is 6.34. The van der Waals surface area contributed by atoms with Gasteiger partial charge in [0.1, 0.15) is 0 Å². The zero-order chi connectivity index (χ0) is 14.3. The average molecular weight is 269 g/mol. The molecule has 0 aliphatic heterocycles. The fourth-order valence-electron chi connectivity index (χ4n) is 1.16. The third kappa shape index (κ3) is 5.73. The number of nitrogens with zero attached hydrogens (tertiary/aromatic N) is 2. The molecule has 0 aliphatic rings. The Hall–Kier alpha value is -1.57. The molecule has 1 aromatic rings. The average Bonchev–Trinajstić information content (AvgIpc) is 2.40. The van der Waals surface area contributed by atoms with Gasteiger partial charge in [-0.25, -0.2) is 4.98 Å². The van der Waals surface area contributed by atoms with Gasteiger partial charge in [-0.3, -0.25) is 9.78 Å². The van der Waals surface area contributed by atoms with Gasteiger partial charge in [-0.1, -0.05) is 0 Å². The fraction of sp³-hybridized carbons (Fsp3) is 0.583. The van der Waals surface area contributed by atoms with Gasteiger partial charge in [0.25, 0.3) is 5.91 Å². The summed E-state index contributed by atoms with van der Waals surface area (Å²) in [5, 5.41) is 12.0. The van der Waals surface area contributed by atoms with Crippen LogP contribution in [-0.4, -0.2) is 53.5 Å². The number of carbonyl (C=O) groups excluding carboxylic acids is 1. The van der Waals surface area contributed by atoms with Crippen LogP contribution >= 0.6 is 0 Å². The first kappa shape index (κ1) is 15.5. The molecule has 0 fully saturated rings. The number of aryl methyl sites for hydroxylation is 1. The molecule has 0 bridgehead atoms. The van der Waals surface area contributed by atoms with Crippen LogP contribution in [0.15, 0.2) is 12.4 Å². The molecule has 2 N–H and O–H groups in total. The number of methoxy groups -OCH3 is 1. The summed E-state index contributed by atoms with van der Waals surface area (Å²) >= 11 is 0. The standard InChI is InChI=1S/C12H19N3O4/c1-8-4-14-11(5-13-8)15-12(17)10(16)7-19-6-9(2)18-3/h4-5,9-10,16H,6-7H2,1-3H3,(H,14,15,17). The molecule has 1 amide bonds. The molecule has 1 aromatic heterocycles. The SMILES string of the molecule is COC(C)COCC(O)C(=O)Nc1cnc(C)cn1.